The van der Waals surface area contributed by atoms with Crippen molar-refractivity contribution in [2.24, 2.45) is 0 Å². The van der Waals surface area contributed by atoms with Crippen LogP contribution in [0.2, 0.25) is 0 Å². The lowest BCUT2D eigenvalue weighted by atomic mass is 10.00. The van der Waals surface area contributed by atoms with E-state index in [1.165, 1.54) is 44.5 Å². The Bertz CT molecular complexity index is 3910. The van der Waals surface area contributed by atoms with Gasteiger partial charge in [-0.25, -0.2) is 0 Å². The van der Waals surface area contributed by atoms with Gasteiger partial charge < -0.3 is 18.6 Å². The van der Waals surface area contributed by atoms with Gasteiger partial charge in [-0.05, 0) is 191 Å². The molecule has 0 unspecified atom stereocenters. The van der Waals surface area contributed by atoms with Gasteiger partial charge in [-0.1, -0.05) is 121 Å². The number of benzene rings is 11. The Kier molecular flexibility index (Phi) is 9.70. The first kappa shape index (κ1) is 41.3. The van der Waals surface area contributed by atoms with E-state index in [9.17, 15) is 0 Å². The molecule has 13 aromatic rings. The minimum atomic E-state index is 0.764. The van der Waals surface area contributed by atoms with Crippen molar-refractivity contribution in [1.82, 2.24) is 0 Å². The molecule has 0 aliphatic heterocycles. The van der Waals surface area contributed by atoms with Crippen LogP contribution >= 0.6 is 0 Å². The maximum Gasteiger partial charge on any atom is 0.178 e. The van der Waals surface area contributed by atoms with E-state index in [1.807, 2.05) is 0 Å². The second-order valence-electron chi connectivity index (χ2n) is 18.8. The van der Waals surface area contributed by atoms with Crippen molar-refractivity contribution >= 4 is 99.5 Å². The number of rotatable bonds is 8. The molecule has 0 radical (unpaired) electrons. The Morgan fingerprint density at radius 3 is 1.09 bits per heavy atom. The Morgan fingerprint density at radius 1 is 0.271 bits per heavy atom. The zero-order valence-electron chi connectivity index (χ0n) is 39.5. The minimum Gasteiger partial charge on any atom is -0.452 e. The van der Waals surface area contributed by atoms with Gasteiger partial charge in [0.05, 0.1) is 0 Å². The van der Waals surface area contributed by atoms with E-state index in [0.29, 0.717) is 0 Å². The van der Waals surface area contributed by atoms with Crippen molar-refractivity contribution in [3.05, 3.63) is 241 Å². The van der Waals surface area contributed by atoms with Gasteiger partial charge in [-0.15, -0.1) is 0 Å². The topological polar surface area (TPSA) is 32.8 Å². The van der Waals surface area contributed by atoms with E-state index in [4.69, 9.17) is 8.83 Å². The third-order valence-corrected chi connectivity index (χ3v) is 14.3. The first-order chi connectivity index (χ1) is 34.3. The van der Waals surface area contributed by atoms with Crippen molar-refractivity contribution in [1.29, 1.82) is 0 Å². The smallest absolute Gasteiger partial charge is 0.178 e. The Labute approximate surface area is 406 Å². The molecule has 70 heavy (non-hydrogen) atoms. The lowest BCUT2D eigenvalue weighted by Crippen LogP contribution is -2.12. The molecule has 0 fully saturated rings. The molecule has 0 spiro atoms. The third-order valence-electron chi connectivity index (χ3n) is 14.3. The van der Waals surface area contributed by atoms with Crippen LogP contribution in [0.1, 0.15) is 22.3 Å². The van der Waals surface area contributed by atoms with E-state index >= 15 is 0 Å². The number of anilines is 6. The summed E-state index contributed by atoms with van der Waals surface area (Å²) in [5, 5.41) is 8.72. The van der Waals surface area contributed by atoms with Gasteiger partial charge in [0, 0.05) is 55.7 Å². The first-order valence-corrected chi connectivity index (χ1v) is 24.1. The van der Waals surface area contributed by atoms with Crippen LogP contribution < -0.4 is 9.80 Å². The van der Waals surface area contributed by atoms with Crippen LogP contribution in [0, 0.1) is 27.7 Å². The van der Waals surface area contributed by atoms with Crippen LogP contribution in [-0.4, -0.2) is 0 Å². The minimum absolute atomic E-state index is 0.764. The molecule has 4 nitrogen and oxygen atoms in total. The summed E-state index contributed by atoms with van der Waals surface area (Å²) in [6.45, 7) is 8.78. The second kappa shape index (κ2) is 16.4. The molecule has 0 N–H and O–H groups in total. The summed E-state index contributed by atoms with van der Waals surface area (Å²) >= 11 is 0. The highest BCUT2D eigenvalue weighted by atomic mass is 16.4. The number of aryl methyl sites for hydroxylation is 4. The van der Waals surface area contributed by atoms with Crippen LogP contribution in [0.25, 0.3) is 87.7 Å². The van der Waals surface area contributed by atoms with Gasteiger partial charge in [0.1, 0.15) is 11.2 Å². The standard InChI is InChI=1S/C66H48N2O2/c1-41-15-11-13-21-59(41)67(61-31-25-47(33-43(61)3)45-17-7-5-8-18-45)53-27-23-49-37-57-55-29-30-56-58-38-50-24-28-54(36-52(50)40-64(58)70-66(56)65(55)69-63(57)39-51(49)35-53)68(60-22-14-12-16-42(60)2)62-32-26-48(34-44(62)4)46-19-9-6-10-20-46/h5-40H,1-4H3. The lowest BCUT2D eigenvalue weighted by Gasteiger charge is -2.29. The van der Waals surface area contributed by atoms with Crippen LogP contribution in [0.5, 0.6) is 0 Å². The number of hydrogen-bond donors (Lipinski definition) is 0. The molecule has 0 aliphatic rings. The van der Waals surface area contributed by atoms with E-state index in [1.54, 1.807) is 0 Å². The van der Waals surface area contributed by atoms with Crippen molar-refractivity contribution in [2.45, 2.75) is 27.7 Å². The maximum absolute atomic E-state index is 6.86. The monoisotopic (exact) mass is 900 g/mol. The van der Waals surface area contributed by atoms with Crippen LogP contribution in [0.4, 0.5) is 34.1 Å². The average Bonchev–Trinajstić information content (AvgIpc) is 3.95. The summed E-state index contributed by atoms with van der Waals surface area (Å²) in [6, 6.07) is 78.8. The lowest BCUT2D eigenvalue weighted by molar-refractivity contribution is 0.634. The SMILES string of the molecule is Cc1ccccc1N(c1ccc2cc3c(cc2c1)oc1c3ccc2c3cc4ccc(N(c5ccccc5C)c5ccc(-c6ccccc6)cc5C)cc4cc3oc21)c1ccc(-c2ccccc2)cc1C. The van der Waals surface area contributed by atoms with Gasteiger partial charge in [0.25, 0.3) is 0 Å². The summed E-state index contributed by atoms with van der Waals surface area (Å²) in [6.07, 6.45) is 0. The van der Waals surface area contributed by atoms with Crippen molar-refractivity contribution in [3.63, 3.8) is 0 Å². The van der Waals surface area contributed by atoms with E-state index in [0.717, 1.165) is 99.5 Å². The predicted molar refractivity (Wildman–Crippen MR) is 295 cm³/mol. The zero-order valence-corrected chi connectivity index (χ0v) is 39.5. The molecule has 0 saturated carbocycles. The Hall–Kier alpha value is -8.86. The molecule has 0 saturated heterocycles. The molecule has 0 bridgehead atoms. The third kappa shape index (κ3) is 6.91. The molecule has 13 rings (SSSR count). The number of furan rings is 2. The highest BCUT2D eigenvalue weighted by Crippen LogP contribution is 2.45. The normalized spacial score (nSPS) is 11.7. The average molecular weight is 901 g/mol. The molecule has 2 aromatic heterocycles. The Balaban J connectivity index is 0.902. The summed E-state index contributed by atoms with van der Waals surface area (Å²) in [5.74, 6) is 0. The molecule has 2 heterocycles. The summed E-state index contributed by atoms with van der Waals surface area (Å²) in [5.41, 5.74) is 19.6. The van der Waals surface area contributed by atoms with Crippen LogP contribution in [0.3, 0.4) is 0 Å². The van der Waals surface area contributed by atoms with Crippen molar-refractivity contribution in [3.8, 4) is 22.3 Å². The fourth-order valence-corrected chi connectivity index (χ4v) is 10.7. The van der Waals surface area contributed by atoms with Gasteiger partial charge in [-0.3, -0.25) is 0 Å². The number of nitrogens with zero attached hydrogens (tertiary/aromatic N) is 2. The summed E-state index contributed by atoms with van der Waals surface area (Å²) in [7, 11) is 0. The predicted octanol–water partition coefficient (Wildman–Crippen LogP) is 19.3. The largest absolute Gasteiger partial charge is 0.452 e. The molecule has 4 heteroatoms. The van der Waals surface area contributed by atoms with Crippen LogP contribution in [0.15, 0.2) is 227 Å². The summed E-state index contributed by atoms with van der Waals surface area (Å²) in [4.78, 5) is 4.77. The van der Waals surface area contributed by atoms with Gasteiger partial charge in [-0.2, -0.15) is 0 Å². The second-order valence-corrected chi connectivity index (χ2v) is 18.8. The summed E-state index contributed by atoms with van der Waals surface area (Å²) < 4.78 is 13.7. The first-order valence-electron chi connectivity index (χ1n) is 24.1. The molecular weight excluding hydrogens is 853 g/mol. The maximum atomic E-state index is 6.86. The van der Waals surface area contributed by atoms with Gasteiger partial charge in [0.2, 0.25) is 0 Å². The number of hydrogen-bond acceptors (Lipinski definition) is 4. The molecular formula is C66H48N2O2. The fourth-order valence-electron chi connectivity index (χ4n) is 10.7. The zero-order chi connectivity index (χ0) is 47.0. The number of fused-ring (bicyclic) bond motifs is 9. The van der Waals surface area contributed by atoms with Crippen molar-refractivity contribution in [2.75, 3.05) is 9.80 Å². The molecule has 0 amide bonds. The molecule has 0 atom stereocenters. The molecule has 0 aliphatic carbocycles. The number of para-hydroxylation sites is 2. The highest BCUT2D eigenvalue weighted by molar-refractivity contribution is 6.21. The van der Waals surface area contributed by atoms with E-state index in [-0.39, 0.29) is 0 Å². The van der Waals surface area contributed by atoms with Gasteiger partial charge >= 0.3 is 0 Å². The van der Waals surface area contributed by atoms with Gasteiger partial charge in [0.15, 0.2) is 11.2 Å². The fraction of sp³-hybridized carbons (Fsp3) is 0.0606. The van der Waals surface area contributed by atoms with E-state index in [2.05, 4.69) is 256 Å². The molecule has 334 valence electrons. The highest BCUT2D eigenvalue weighted by Gasteiger charge is 2.22. The molecule has 11 aromatic carbocycles. The Morgan fingerprint density at radius 2 is 0.671 bits per heavy atom. The quantitative estimate of drug-likeness (QED) is 0.152. The van der Waals surface area contributed by atoms with Crippen molar-refractivity contribution < 1.29 is 8.83 Å². The van der Waals surface area contributed by atoms with Crippen LogP contribution in [-0.2, 0) is 0 Å². The van der Waals surface area contributed by atoms with E-state index < -0.39 is 0 Å².